The van der Waals surface area contributed by atoms with Crippen LogP contribution in [-0.2, 0) is 11.4 Å². The SMILES string of the molecule is O=C(O)O.O=C1c2ccccc2C(=O)c2ccccc21.O=S([O-])[O-].[Na+].[Na+]. The molecule has 0 spiro atoms. The predicted molar refractivity (Wildman–Crippen MR) is 80.1 cm³/mol. The van der Waals surface area contributed by atoms with Gasteiger partial charge in [0, 0.05) is 22.3 Å². The van der Waals surface area contributed by atoms with E-state index in [0.717, 1.165) is 0 Å². The molecule has 2 N–H and O–H groups in total. The fourth-order valence-corrected chi connectivity index (χ4v) is 2.05. The zero-order chi connectivity index (χ0) is 18.3. The Balaban J connectivity index is 0. The maximum absolute atomic E-state index is 12.1. The first-order valence-electron chi connectivity index (χ1n) is 6.21. The van der Waals surface area contributed by atoms with Crippen molar-refractivity contribution in [2.75, 3.05) is 0 Å². The number of carbonyl (C=O) groups is 3. The van der Waals surface area contributed by atoms with E-state index in [2.05, 4.69) is 0 Å². The molecular weight excluding hydrogens is 386 g/mol. The molecule has 0 amide bonds. The van der Waals surface area contributed by atoms with E-state index in [9.17, 15) is 9.59 Å². The molecule has 1 aliphatic carbocycles. The largest absolute Gasteiger partial charge is 1.00 e. The Morgan fingerprint density at radius 1 is 0.731 bits per heavy atom. The van der Waals surface area contributed by atoms with Crippen molar-refractivity contribution in [3.8, 4) is 0 Å². The van der Waals surface area contributed by atoms with Crippen molar-refractivity contribution in [1.82, 2.24) is 0 Å². The molecule has 0 radical (unpaired) electrons. The second kappa shape index (κ2) is 13.3. The van der Waals surface area contributed by atoms with Crippen LogP contribution in [0.5, 0.6) is 0 Å². The van der Waals surface area contributed by atoms with Crippen LogP contribution in [0.3, 0.4) is 0 Å². The molecule has 8 nitrogen and oxygen atoms in total. The number of carbonyl (C=O) groups excluding carboxylic acids is 2. The normalized spacial score (nSPS) is 10.4. The first-order chi connectivity index (χ1) is 11.3. The number of ketones is 2. The molecule has 0 aliphatic heterocycles. The van der Waals surface area contributed by atoms with Crippen LogP contribution in [-0.4, -0.2) is 41.2 Å². The van der Waals surface area contributed by atoms with E-state index in [0.29, 0.717) is 22.3 Å². The van der Waals surface area contributed by atoms with Crippen LogP contribution in [0.15, 0.2) is 48.5 Å². The van der Waals surface area contributed by atoms with Gasteiger partial charge in [-0.1, -0.05) is 48.5 Å². The van der Waals surface area contributed by atoms with Gasteiger partial charge >= 0.3 is 65.3 Å². The third-order valence-corrected chi connectivity index (χ3v) is 2.83. The number of hydrogen-bond donors (Lipinski definition) is 2. The van der Waals surface area contributed by atoms with Gasteiger partial charge in [-0.3, -0.25) is 13.8 Å². The van der Waals surface area contributed by atoms with E-state index < -0.39 is 17.5 Å². The summed E-state index contributed by atoms with van der Waals surface area (Å²) in [5.74, 6) is -0.128. The van der Waals surface area contributed by atoms with Crippen molar-refractivity contribution in [3.05, 3.63) is 70.8 Å². The number of hydrogen-bond acceptors (Lipinski definition) is 6. The Bertz CT molecular complexity index is 684. The van der Waals surface area contributed by atoms with Crippen molar-refractivity contribution in [1.29, 1.82) is 0 Å². The molecule has 0 saturated heterocycles. The van der Waals surface area contributed by atoms with Gasteiger partial charge < -0.3 is 19.3 Å². The van der Waals surface area contributed by atoms with Crippen molar-refractivity contribution in [2.45, 2.75) is 0 Å². The Morgan fingerprint density at radius 2 is 0.885 bits per heavy atom. The van der Waals surface area contributed by atoms with Gasteiger partial charge in [-0.2, -0.15) is 0 Å². The average molecular weight is 396 g/mol. The second-order valence-corrected chi connectivity index (χ2v) is 4.64. The van der Waals surface area contributed by atoms with Gasteiger partial charge in [0.2, 0.25) is 0 Å². The van der Waals surface area contributed by atoms with Crippen LogP contribution in [0.2, 0.25) is 0 Å². The third-order valence-electron chi connectivity index (χ3n) is 2.83. The van der Waals surface area contributed by atoms with Crippen LogP contribution < -0.4 is 59.1 Å². The first-order valence-corrected chi connectivity index (χ1v) is 7.21. The number of carboxylic acid groups (broad SMARTS) is 2. The molecule has 126 valence electrons. The molecule has 26 heavy (non-hydrogen) atoms. The van der Waals surface area contributed by atoms with Gasteiger partial charge in [-0.05, 0) is 0 Å². The molecule has 0 aromatic heterocycles. The molecule has 1 aliphatic rings. The monoisotopic (exact) mass is 396 g/mol. The van der Waals surface area contributed by atoms with E-state index in [1.54, 1.807) is 48.5 Å². The van der Waals surface area contributed by atoms with Crippen LogP contribution >= 0.6 is 0 Å². The minimum atomic E-state index is -3.11. The van der Waals surface area contributed by atoms with E-state index >= 15 is 0 Å². The Morgan fingerprint density at radius 3 is 1.04 bits per heavy atom. The van der Waals surface area contributed by atoms with Gasteiger partial charge in [0.1, 0.15) is 0 Å². The smallest absolute Gasteiger partial charge is 0.784 e. The molecule has 0 fully saturated rings. The van der Waals surface area contributed by atoms with Crippen molar-refractivity contribution in [3.63, 3.8) is 0 Å². The zero-order valence-electron chi connectivity index (χ0n) is 13.9. The molecule has 3 rings (SSSR count). The summed E-state index contributed by atoms with van der Waals surface area (Å²) < 4.78 is 25.3. The summed E-state index contributed by atoms with van der Waals surface area (Å²) in [6.07, 6.45) is -1.83. The minimum Gasteiger partial charge on any atom is -0.784 e. The van der Waals surface area contributed by atoms with Gasteiger partial charge in [-0.15, -0.1) is 11.4 Å². The molecule has 0 bridgehead atoms. The quantitative estimate of drug-likeness (QED) is 0.286. The number of rotatable bonds is 0. The Kier molecular flexibility index (Phi) is 14.0. The number of fused-ring (bicyclic) bond motifs is 2. The first kappa shape index (κ1) is 27.3. The Labute approximate surface area is 195 Å². The molecule has 2 aromatic rings. The van der Waals surface area contributed by atoms with Gasteiger partial charge in [0.25, 0.3) is 0 Å². The fraction of sp³-hybridized carbons (Fsp3) is 0. The Hall–Kier alpha value is -0.880. The van der Waals surface area contributed by atoms with Crippen molar-refractivity contribution >= 4 is 29.1 Å². The fourth-order valence-electron chi connectivity index (χ4n) is 2.05. The minimum absolute atomic E-state index is 0. The van der Waals surface area contributed by atoms with E-state index in [1.165, 1.54) is 0 Å². The maximum atomic E-state index is 12.1. The maximum Gasteiger partial charge on any atom is 1.00 e. The van der Waals surface area contributed by atoms with Gasteiger partial charge in [0.05, 0.1) is 0 Å². The van der Waals surface area contributed by atoms with Crippen molar-refractivity contribution in [2.24, 2.45) is 0 Å². The average Bonchev–Trinajstić information content (AvgIpc) is 2.52. The van der Waals surface area contributed by atoms with E-state index in [-0.39, 0.29) is 70.7 Å². The standard InChI is InChI=1S/C14H8O2.CH2O3.2Na.H2O3S/c15-13-9-5-1-2-6-10(9)14(16)12-8-4-3-7-11(12)13;2-1(3)4;;;1-4(2)3/h1-8H;(H2,2,3,4);;;(H2,1,2,3)/q;;2*+1;/p-2. The van der Waals surface area contributed by atoms with Crippen LogP contribution in [0.4, 0.5) is 4.79 Å². The van der Waals surface area contributed by atoms with Crippen LogP contribution in [0.25, 0.3) is 0 Å². The van der Waals surface area contributed by atoms with Gasteiger partial charge in [-0.25, -0.2) is 4.79 Å². The van der Waals surface area contributed by atoms with Crippen LogP contribution in [0, 0.1) is 0 Å². The van der Waals surface area contributed by atoms with E-state index in [1.807, 2.05) is 0 Å². The van der Waals surface area contributed by atoms with Crippen molar-refractivity contribution < 1.29 is 97.0 Å². The second-order valence-electron chi connectivity index (χ2n) is 4.24. The predicted octanol–water partition coefficient (Wildman–Crippen LogP) is -4.31. The molecule has 2 aromatic carbocycles. The van der Waals surface area contributed by atoms with Crippen LogP contribution in [0.1, 0.15) is 31.8 Å². The summed E-state index contributed by atoms with van der Waals surface area (Å²) in [4.78, 5) is 32.8. The molecule has 0 saturated carbocycles. The summed E-state index contributed by atoms with van der Waals surface area (Å²) >= 11 is -3.11. The van der Waals surface area contributed by atoms with E-state index in [4.69, 9.17) is 28.3 Å². The molecule has 0 heterocycles. The molecule has 11 heteroatoms. The summed E-state index contributed by atoms with van der Waals surface area (Å²) in [7, 11) is 0. The summed E-state index contributed by atoms with van der Waals surface area (Å²) in [5, 5.41) is 13.9. The van der Waals surface area contributed by atoms with Gasteiger partial charge in [0.15, 0.2) is 11.6 Å². The summed E-state index contributed by atoms with van der Waals surface area (Å²) in [6.45, 7) is 0. The third kappa shape index (κ3) is 8.21. The zero-order valence-corrected chi connectivity index (χ0v) is 18.7. The number of benzene rings is 2. The molecular formula is C15H10Na2O8S. The topological polar surface area (TPSA) is 155 Å². The molecule has 0 atom stereocenters. The summed E-state index contributed by atoms with van der Waals surface area (Å²) in [5.41, 5.74) is 2.02. The summed E-state index contributed by atoms with van der Waals surface area (Å²) in [6, 6.07) is 13.9. The molecule has 0 unspecified atom stereocenters.